The van der Waals surface area contributed by atoms with Crippen LogP contribution in [0.1, 0.15) is 67.7 Å². The number of hydrogen-bond donors (Lipinski definition) is 5. The number of phosphoric acid groups is 1. The van der Waals surface area contributed by atoms with Crippen molar-refractivity contribution in [2.75, 3.05) is 85.0 Å². The second-order valence-corrected chi connectivity index (χ2v) is 18.1. The van der Waals surface area contributed by atoms with E-state index in [9.17, 15) is 23.8 Å². The summed E-state index contributed by atoms with van der Waals surface area (Å²) < 4.78 is 60.1. The number of aliphatic hydroxyl groups is 1. The van der Waals surface area contributed by atoms with Crippen LogP contribution in [0.5, 0.6) is 17.2 Å². The molecular formula is C48H63ClFN5O10P+. The molecule has 1 aliphatic rings. The Bertz CT molecular complexity index is 2310. The van der Waals surface area contributed by atoms with Crippen LogP contribution in [0.3, 0.4) is 0 Å². The summed E-state index contributed by atoms with van der Waals surface area (Å²) in [4.78, 5) is 27.5. The van der Waals surface area contributed by atoms with Crippen LogP contribution in [-0.4, -0.2) is 109 Å². The smallest absolute Gasteiger partial charge is 0.472 e. The van der Waals surface area contributed by atoms with Crippen molar-refractivity contribution < 1.29 is 56.5 Å². The number of aliphatic hydroxyl groups excluding tert-OH is 1. The zero-order valence-electron chi connectivity index (χ0n) is 37.5. The van der Waals surface area contributed by atoms with E-state index in [1.54, 1.807) is 25.3 Å². The van der Waals surface area contributed by atoms with E-state index >= 15 is 0 Å². The number of quaternary nitrogens is 1. The fourth-order valence-electron chi connectivity index (χ4n) is 7.93. The Kier molecular flexibility index (Phi) is 20.2. The first-order valence-electron chi connectivity index (χ1n) is 22.6. The first-order chi connectivity index (χ1) is 32.0. The second kappa shape index (κ2) is 26.2. The lowest BCUT2D eigenvalue weighted by molar-refractivity contribution is -0.947. The number of ether oxygens (including phenoxy) is 5. The molecular weight excluding hydrogens is 892 g/mol. The molecule has 0 spiro atoms. The third-order valence-electron chi connectivity index (χ3n) is 11.6. The van der Waals surface area contributed by atoms with Crippen LogP contribution < -0.4 is 24.8 Å². The Hall–Kier alpha value is -4.45. The number of nitrogens with one attached hydrogen (secondary N) is 2. The minimum absolute atomic E-state index is 0.0166. The molecule has 0 aliphatic carbocycles. The third-order valence-corrected chi connectivity index (χ3v) is 12.3. The van der Waals surface area contributed by atoms with Crippen molar-refractivity contribution in [1.29, 1.82) is 0 Å². The van der Waals surface area contributed by atoms with Crippen molar-refractivity contribution in [2.24, 2.45) is 0 Å². The van der Waals surface area contributed by atoms with E-state index in [1.165, 1.54) is 24.0 Å². The number of hydrogen-bond acceptors (Lipinski definition) is 12. The predicted octanol–water partition coefficient (Wildman–Crippen LogP) is 8.66. The summed E-state index contributed by atoms with van der Waals surface area (Å²) in [5.74, 6) is 1.33. The first-order valence-corrected chi connectivity index (χ1v) is 24.5. The molecule has 1 atom stereocenters. The Morgan fingerprint density at radius 2 is 1.65 bits per heavy atom. The van der Waals surface area contributed by atoms with Gasteiger partial charge < -0.3 is 53.7 Å². The lowest BCUT2D eigenvalue weighted by atomic mass is 10.0. The minimum atomic E-state index is -4.79. The summed E-state index contributed by atoms with van der Waals surface area (Å²) in [5.41, 5.74) is 3.94. The van der Waals surface area contributed by atoms with Crippen LogP contribution in [0.25, 0.3) is 10.9 Å². The molecule has 1 fully saturated rings. The number of aromatic nitrogens is 2. The van der Waals surface area contributed by atoms with Gasteiger partial charge >= 0.3 is 7.82 Å². The molecule has 1 aromatic heterocycles. The van der Waals surface area contributed by atoms with Gasteiger partial charge in [-0.3, -0.25) is 0 Å². The van der Waals surface area contributed by atoms with Gasteiger partial charge in [0.2, 0.25) is 0 Å². The van der Waals surface area contributed by atoms with Crippen molar-refractivity contribution in [2.45, 2.75) is 64.0 Å². The molecule has 358 valence electrons. The number of anilines is 2. The summed E-state index contributed by atoms with van der Waals surface area (Å²) in [7, 11) is -3.23. The average molecular weight is 955 g/mol. The van der Waals surface area contributed by atoms with Crippen LogP contribution in [0.15, 0.2) is 85.2 Å². The number of morpholine rings is 1. The maximum absolute atomic E-state index is 13.8. The highest BCUT2D eigenvalue weighted by molar-refractivity contribution is 7.46. The summed E-state index contributed by atoms with van der Waals surface area (Å²) in [5, 5.41) is 18.4. The zero-order valence-corrected chi connectivity index (χ0v) is 39.2. The Labute approximate surface area is 391 Å². The number of fused-ring (bicyclic) bond motifs is 1. The van der Waals surface area contributed by atoms with E-state index in [1.807, 2.05) is 24.3 Å². The highest BCUT2D eigenvalue weighted by Crippen LogP contribution is 2.37. The molecule has 6 rings (SSSR count). The molecule has 0 amide bonds. The number of aryl methyl sites for hydroxylation is 1. The molecule has 4 aromatic carbocycles. The van der Waals surface area contributed by atoms with Gasteiger partial charge in [0.25, 0.3) is 0 Å². The van der Waals surface area contributed by atoms with Gasteiger partial charge in [0.1, 0.15) is 43.3 Å². The van der Waals surface area contributed by atoms with E-state index in [-0.39, 0.29) is 5.02 Å². The summed E-state index contributed by atoms with van der Waals surface area (Å²) in [6.07, 6.45) is 8.66. The van der Waals surface area contributed by atoms with Crippen molar-refractivity contribution >= 4 is 41.8 Å². The number of methoxy groups -OCH3 is 1. The van der Waals surface area contributed by atoms with Gasteiger partial charge in [0.05, 0.1) is 50.1 Å². The third kappa shape index (κ3) is 16.4. The lowest BCUT2D eigenvalue weighted by Gasteiger charge is -2.41. The zero-order chi connectivity index (χ0) is 46.6. The maximum Gasteiger partial charge on any atom is 0.472 e. The van der Waals surface area contributed by atoms with E-state index in [0.29, 0.717) is 102 Å². The van der Waals surface area contributed by atoms with Gasteiger partial charge in [0.15, 0.2) is 18.3 Å². The molecule has 15 nitrogen and oxygen atoms in total. The Balaban J connectivity index is 0.999. The number of rotatable bonds is 29. The first kappa shape index (κ1) is 51.0. The monoisotopic (exact) mass is 954 g/mol. The van der Waals surface area contributed by atoms with Crippen molar-refractivity contribution in [3.05, 3.63) is 113 Å². The van der Waals surface area contributed by atoms with Crippen molar-refractivity contribution in [1.82, 2.24) is 15.3 Å². The summed E-state index contributed by atoms with van der Waals surface area (Å²) in [6.45, 7) is 6.13. The van der Waals surface area contributed by atoms with Gasteiger partial charge in [-0.15, -0.1) is 0 Å². The molecule has 2 heterocycles. The van der Waals surface area contributed by atoms with Gasteiger partial charge in [-0.1, -0.05) is 60.8 Å². The number of phosphoric ester groups is 1. The van der Waals surface area contributed by atoms with Crippen LogP contribution in [0, 0.1) is 5.82 Å². The molecule has 18 heteroatoms. The second-order valence-electron chi connectivity index (χ2n) is 16.4. The SMILES string of the molecule is COc1cc2ncnc(Nc3ccc(F)c(Cl)c3)c2cc1OCCC[N+]1(Cc2ccc(C(O)CNCCCCCCOCCCCc3ccccc3)cc2OCOP(=O)(O)O)CCOCC1. The molecule has 0 bridgehead atoms. The molecule has 1 saturated heterocycles. The van der Waals surface area contributed by atoms with E-state index < -0.39 is 26.5 Å². The molecule has 1 aliphatic heterocycles. The molecule has 0 radical (unpaired) electrons. The highest BCUT2D eigenvalue weighted by Gasteiger charge is 2.32. The number of benzene rings is 4. The Morgan fingerprint density at radius 1 is 0.864 bits per heavy atom. The van der Waals surface area contributed by atoms with Crippen molar-refractivity contribution in [3.63, 3.8) is 0 Å². The summed E-state index contributed by atoms with van der Waals surface area (Å²) in [6, 6.07) is 23.9. The Morgan fingerprint density at radius 3 is 2.42 bits per heavy atom. The minimum Gasteiger partial charge on any atom is -0.493 e. The van der Waals surface area contributed by atoms with Crippen LogP contribution in [-0.2, 0) is 31.5 Å². The maximum atomic E-state index is 13.8. The molecule has 66 heavy (non-hydrogen) atoms. The van der Waals surface area contributed by atoms with Crippen molar-refractivity contribution in [3.8, 4) is 17.2 Å². The van der Waals surface area contributed by atoms with Gasteiger partial charge in [-0.05, 0) is 86.2 Å². The van der Waals surface area contributed by atoms with Crippen LogP contribution in [0.4, 0.5) is 15.9 Å². The number of nitrogens with zero attached hydrogens (tertiary/aromatic N) is 3. The van der Waals surface area contributed by atoms with Gasteiger partial charge in [-0.25, -0.2) is 23.4 Å². The van der Waals surface area contributed by atoms with Crippen LogP contribution >= 0.6 is 19.4 Å². The normalized spacial score (nSPS) is 14.3. The lowest BCUT2D eigenvalue weighted by Crippen LogP contribution is -2.55. The van der Waals surface area contributed by atoms with Crippen LogP contribution in [0.2, 0.25) is 5.02 Å². The molecule has 5 aromatic rings. The van der Waals surface area contributed by atoms with Gasteiger partial charge in [-0.2, -0.15) is 0 Å². The highest BCUT2D eigenvalue weighted by atomic mass is 35.5. The number of halogens is 2. The van der Waals surface area contributed by atoms with E-state index in [0.717, 1.165) is 76.8 Å². The largest absolute Gasteiger partial charge is 0.493 e. The molecule has 1 unspecified atom stereocenters. The fourth-order valence-corrected chi connectivity index (χ4v) is 8.30. The molecule has 0 saturated carbocycles. The fraction of sp³-hybridized carbons (Fsp3) is 0.458. The summed E-state index contributed by atoms with van der Waals surface area (Å²) >= 11 is 6.02. The standard InChI is InChI=1S/C48H62ClFN5O10P/c1-60-46-31-43-40(48(53-34-52-43)54-39-17-18-42(50)41(49)29-39)30-47(46)63-25-11-20-55(21-26-62-27-22-55)33-38-16-15-37(28-45(38)64-35-65-66(57,58)59)44(56)32-51-19-8-2-3-9-23-61-24-10-7-14-36-12-5-4-6-13-36/h4-6,12-13,15-18,28-31,34,44,51,56H,2-3,7-11,14,19-27,32-33,35H2,1H3,(H2-,52,53,54,57,58,59)/p+1. The van der Waals surface area contributed by atoms with E-state index in [2.05, 4.69) is 49.4 Å². The van der Waals surface area contributed by atoms with E-state index in [4.69, 9.17) is 35.3 Å². The average Bonchev–Trinajstić information content (AvgIpc) is 3.31. The number of unbranched alkanes of at least 4 members (excludes halogenated alkanes) is 4. The molecule has 5 N–H and O–H groups in total. The quantitative estimate of drug-likeness (QED) is 0.0133. The van der Waals surface area contributed by atoms with Gasteiger partial charge in [0, 0.05) is 48.9 Å². The topological polar surface area (TPSA) is 183 Å². The predicted molar refractivity (Wildman–Crippen MR) is 252 cm³/mol.